The highest BCUT2D eigenvalue weighted by Crippen LogP contribution is 2.15. The smallest absolute Gasteiger partial charge is 0.0662 e. The predicted molar refractivity (Wildman–Crippen MR) is 80.7 cm³/mol. The third-order valence-corrected chi connectivity index (χ3v) is 3.82. The number of nitrogens with zero attached hydrogens (tertiary/aromatic N) is 1. The van der Waals surface area contributed by atoms with Crippen LogP contribution in [0.5, 0.6) is 0 Å². The molecule has 1 saturated heterocycles. The molecular weight excluding hydrogens is 252 g/mol. The molecule has 4 heteroatoms. The number of nitrogens with one attached hydrogen (secondary N) is 1. The zero-order chi connectivity index (χ0) is 14.2. The fourth-order valence-electron chi connectivity index (χ4n) is 2.44. The summed E-state index contributed by atoms with van der Waals surface area (Å²) in [4.78, 5) is 2.42. The maximum atomic E-state index is 9.76. The molecule has 0 aliphatic carbocycles. The number of aliphatic hydroxyl groups excluding tert-OH is 1. The van der Waals surface area contributed by atoms with Crippen LogP contribution in [0.15, 0.2) is 30.3 Å². The Balaban J connectivity index is 1.95. The highest BCUT2D eigenvalue weighted by Gasteiger charge is 2.18. The van der Waals surface area contributed by atoms with Crippen molar-refractivity contribution in [1.29, 1.82) is 0 Å². The van der Waals surface area contributed by atoms with Gasteiger partial charge in [-0.25, -0.2) is 0 Å². The molecule has 0 aromatic heterocycles. The van der Waals surface area contributed by atoms with Crippen molar-refractivity contribution >= 4 is 0 Å². The molecule has 20 heavy (non-hydrogen) atoms. The van der Waals surface area contributed by atoms with E-state index in [9.17, 15) is 5.11 Å². The minimum Gasteiger partial charge on any atom is -0.392 e. The first-order valence-corrected chi connectivity index (χ1v) is 7.56. The Bertz CT molecular complexity index is 366. The molecule has 0 spiro atoms. The van der Waals surface area contributed by atoms with E-state index >= 15 is 0 Å². The van der Waals surface area contributed by atoms with Crippen molar-refractivity contribution in [2.24, 2.45) is 0 Å². The highest BCUT2D eigenvalue weighted by atomic mass is 16.5. The highest BCUT2D eigenvalue weighted by molar-refractivity contribution is 5.19. The molecule has 112 valence electrons. The van der Waals surface area contributed by atoms with Gasteiger partial charge in [0.15, 0.2) is 0 Å². The van der Waals surface area contributed by atoms with Crippen LogP contribution in [0.3, 0.4) is 0 Å². The molecule has 1 aliphatic heterocycles. The molecule has 1 heterocycles. The van der Waals surface area contributed by atoms with Gasteiger partial charge in [-0.15, -0.1) is 0 Å². The first-order valence-electron chi connectivity index (χ1n) is 7.56. The van der Waals surface area contributed by atoms with E-state index in [0.29, 0.717) is 6.54 Å². The van der Waals surface area contributed by atoms with Crippen LogP contribution in [-0.4, -0.2) is 55.5 Å². The molecule has 2 N–H and O–H groups in total. The predicted octanol–water partition coefficient (Wildman–Crippen LogP) is 1.42. The van der Waals surface area contributed by atoms with E-state index in [2.05, 4.69) is 34.5 Å². The van der Waals surface area contributed by atoms with Gasteiger partial charge in [-0.05, 0) is 12.0 Å². The molecule has 0 saturated carbocycles. The molecular formula is C16H26N2O2. The maximum Gasteiger partial charge on any atom is 0.0662 e. The van der Waals surface area contributed by atoms with Crippen LogP contribution in [0.25, 0.3) is 0 Å². The van der Waals surface area contributed by atoms with Gasteiger partial charge < -0.3 is 15.2 Å². The molecule has 0 amide bonds. The number of rotatable bonds is 7. The SMILES string of the molecule is CC[C@@H](O)CNC(CN1CCOCC1)c1ccccc1. The summed E-state index contributed by atoms with van der Waals surface area (Å²) >= 11 is 0. The van der Waals surface area contributed by atoms with Crippen LogP contribution in [-0.2, 0) is 4.74 Å². The van der Waals surface area contributed by atoms with E-state index in [4.69, 9.17) is 4.74 Å². The van der Waals surface area contributed by atoms with Crippen molar-refractivity contribution in [3.05, 3.63) is 35.9 Å². The third kappa shape index (κ3) is 4.87. The van der Waals surface area contributed by atoms with E-state index in [1.165, 1.54) is 5.56 Å². The van der Waals surface area contributed by atoms with E-state index in [0.717, 1.165) is 39.3 Å². The van der Waals surface area contributed by atoms with Gasteiger partial charge in [0, 0.05) is 32.2 Å². The third-order valence-electron chi connectivity index (χ3n) is 3.82. The van der Waals surface area contributed by atoms with Crippen molar-refractivity contribution < 1.29 is 9.84 Å². The summed E-state index contributed by atoms with van der Waals surface area (Å²) < 4.78 is 5.40. The van der Waals surface area contributed by atoms with Gasteiger partial charge >= 0.3 is 0 Å². The maximum absolute atomic E-state index is 9.76. The van der Waals surface area contributed by atoms with Gasteiger partial charge in [0.05, 0.1) is 19.3 Å². The molecule has 4 nitrogen and oxygen atoms in total. The average molecular weight is 278 g/mol. The van der Waals surface area contributed by atoms with Crippen molar-refractivity contribution in [2.45, 2.75) is 25.5 Å². The Hall–Kier alpha value is -0.940. The van der Waals surface area contributed by atoms with Crippen LogP contribution in [0, 0.1) is 0 Å². The molecule has 0 bridgehead atoms. The van der Waals surface area contributed by atoms with Crippen molar-refractivity contribution in [3.63, 3.8) is 0 Å². The Morgan fingerprint density at radius 2 is 1.95 bits per heavy atom. The zero-order valence-corrected chi connectivity index (χ0v) is 12.3. The van der Waals surface area contributed by atoms with Gasteiger partial charge in [-0.2, -0.15) is 0 Å². The Labute approximate surface area is 121 Å². The van der Waals surface area contributed by atoms with Crippen LogP contribution in [0.1, 0.15) is 24.9 Å². The van der Waals surface area contributed by atoms with Gasteiger partial charge in [-0.3, -0.25) is 4.90 Å². The molecule has 2 rings (SSSR count). The largest absolute Gasteiger partial charge is 0.392 e. The number of ether oxygens (including phenoxy) is 1. The fourth-order valence-corrected chi connectivity index (χ4v) is 2.44. The van der Waals surface area contributed by atoms with Gasteiger partial charge in [0.2, 0.25) is 0 Å². The Morgan fingerprint density at radius 3 is 2.60 bits per heavy atom. The molecule has 1 fully saturated rings. The van der Waals surface area contributed by atoms with Crippen LogP contribution in [0.2, 0.25) is 0 Å². The van der Waals surface area contributed by atoms with Crippen molar-refractivity contribution in [3.8, 4) is 0 Å². The summed E-state index contributed by atoms with van der Waals surface area (Å²) in [5.74, 6) is 0. The average Bonchev–Trinajstić information content (AvgIpc) is 2.53. The normalized spacial score (nSPS) is 19.7. The molecule has 0 radical (unpaired) electrons. The summed E-state index contributed by atoms with van der Waals surface area (Å²) in [5, 5.41) is 13.3. The molecule has 1 aromatic carbocycles. The number of morpholine rings is 1. The summed E-state index contributed by atoms with van der Waals surface area (Å²) in [6.45, 7) is 7.22. The fraction of sp³-hybridized carbons (Fsp3) is 0.625. The van der Waals surface area contributed by atoms with Gasteiger partial charge in [0.25, 0.3) is 0 Å². The minimum absolute atomic E-state index is 0.260. The Morgan fingerprint density at radius 1 is 1.25 bits per heavy atom. The molecule has 1 unspecified atom stereocenters. The van der Waals surface area contributed by atoms with Crippen LogP contribution < -0.4 is 5.32 Å². The number of hydrogen-bond donors (Lipinski definition) is 2. The lowest BCUT2D eigenvalue weighted by Gasteiger charge is -2.31. The van der Waals surface area contributed by atoms with Crippen molar-refractivity contribution in [2.75, 3.05) is 39.4 Å². The minimum atomic E-state index is -0.272. The summed E-state index contributed by atoms with van der Waals surface area (Å²) in [7, 11) is 0. The monoisotopic (exact) mass is 278 g/mol. The van der Waals surface area contributed by atoms with E-state index in [1.54, 1.807) is 0 Å². The zero-order valence-electron chi connectivity index (χ0n) is 12.3. The second-order valence-corrected chi connectivity index (χ2v) is 5.35. The van der Waals surface area contributed by atoms with E-state index in [1.807, 2.05) is 13.0 Å². The second-order valence-electron chi connectivity index (χ2n) is 5.35. The first kappa shape index (κ1) is 15.4. The van der Waals surface area contributed by atoms with Gasteiger partial charge in [0.1, 0.15) is 0 Å². The standard InChI is InChI=1S/C16H26N2O2/c1-2-15(19)12-17-16(14-6-4-3-5-7-14)13-18-8-10-20-11-9-18/h3-7,15-17,19H,2,8-13H2,1H3/t15-,16?/m1/s1. The van der Waals surface area contributed by atoms with E-state index < -0.39 is 0 Å². The number of hydrogen-bond acceptors (Lipinski definition) is 4. The first-order chi connectivity index (χ1) is 9.79. The van der Waals surface area contributed by atoms with E-state index in [-0.39, 0.29) is 12.1 Å². The van der Waals surface area contributed by atoms with Crippen LogP contribution >= 0.6 is 0 Å². The summed E-state index contributed by atoms with van der Waals surface area (Å²) in [6.07, 6.45) is 0.511. The quantitative estimate of drug-likeness (QED) is 0.792. The Kier molecular flexibility index (Phi) is 6.47. The van der Waals surface area contributed by atoms with Gasteiger partial charge in [-0.1, -0.05) is 37.3 Å². The molecule has 2 atom stereocenters. The number of benzene rings is 1. The lowest BCUT2D eigenvalue weighted by molar-refractivity contribution is 0.0325. The molecule has 1 aliphatic rings. The van der Waals surface area contributed by atoms with Crippen LogP contribution in [0.4, 0.5) is 0 Å². The summed E-state index contributed by atoms with van der Waals surface area (Å²) in [5.41, 5.74) is 1.28. The lowest BCUT2D eigenvalue weighted by Crippen LogP contribution is -2.43. The molecule has 1 aromatic rings. The van der Waals surface area contributed by atoms with Crippen molar-refractivity contribution in [1.82, 2.24) is 10.2 Å². The topological polar surface area (TPSA) is 44.7 Å². The summed E-state index contributed by atoms with van der Waals surface area (Å²) in [6, 6.07) is 10.7. The number of aliphatic hydroxyl groups is 1. The second kappa shape index (κ2) is 8.37. The lowest BCUT2D eigenvalue weighted by atomic mass is 10.1.